The van der Waals surface area contributed by atoms with Gasteiger partial charge < -0.3 is 10.1 Å². The first-order valence-electron chi connectivity index (χ1n) is 4.53. The summed E-state index contributed by atoms with van der Waals surface area (Å²) in [5.41, 5.74) is 1.01. The van der Waals surface area contributed by atoms with Crippen LogP contribution in [0.3, 0.4) is 0 Å². The highest BCUT2D eigenvalue weighted by Gasteiger charge is 2.06. The van der Waals surface area contributed by atoms with Crippen molar-refractivity contribution in [2.45, 2.75) is 12.6 Å². The number of rotatable bonds is 6. The van der Waals surface area contributed by atoms with Crippen LogP contribution >= 0.6 is 11.6 Å². The van der Waals surface area contributed by atoms with Crippen LogP contribution in [0.2, 0.25) is 0 Å². The molecule has 0 saturated carbocycles. The van der Waals surface area contributed by atoms with Crippen molar-refractivity contribution in [2.75, 3.05) is 19.6 Å². The first-order chi connectivity index (χ1) is 6.76. The van der Waals surface area contributed by atoms with Crippen molar-refractivity contribution in [3.05, 3.63) is 18.0 Å². The molecule has 0 spiro atoms. The molecule has 0 aliphatic carbocycles. The van der Waals surface area contributed by atoms with E-state index in [0.717, 1.165) is 12.2 Å². The molecule has 0 radical (unpaired) electrons. The Bertz CT molecular complexity index is 264. The van der Waals surface area contributed by atoms with Crippen molar-refractivity contribution < 1.29 is 4.74 Å². The van der Waals surface area contributed by atoms with Crippen LogP contribution in [0.15, 0.2) is 12.3 Å². The number of methoxy groups -OCH3 is 1. The molecule has 14 heavy (non-hydrogen) atoms. The number of hydrogen-bond donors (Lipinski definition) is 1. The van der Waals surface area contributed by atoms with Gasteiger partial charge in [-0.3, -0.25) is 4.68 Å². The second-order valence-electron chi connectivity index (χ2n) is 3.17. The van der Waals surface area contributed by atoms with Crippen LogP contribution in [0, 0.1) is 0 Å². The van der Waals surface area contributed by atoms with Gasteiger partial charge in [0.15, 0.2) is 0 Å². The second-order valence-corrected chi connectivity index (χ2v) is 3.48. The van der Waals surface area contributed by atoms with E-state index in [1.54, 1.807) is 11.8 Å². The number of aromatic nitrogens is 2. The smallest absolute Gasteiger partial charge is 0.0762 e. The summed E-state index contributed by atoms with van der Waals surface area (Å²) in [5, 5.41) is 7.51. The summed E-state index contributed by atoms with van der Waals surface area (Å²) < 4.78 is 6.80. The monoisotopic (exact) mass is 217 g/mol. The molecular formula is C9H16ClN3O. The SMILES string of the molecule is COCC(CCl)NCc1ccn(C)n1. The van der Waals surface area contributed by atoms with Gasteiger partial charge >= 0.3 is 0 Å². The van der Waals surface area contributed by atoms with Gasteiger partial charge in [0, 0.05) is 38.8 Å². The molecule has 0 amide bonds. The van der Waals surface area contributed by atoms with E-state index in [4.69, 9.17) is 16.3 Å². The number of aryl methyl sites for hydroxylation is 1. The standard InChI is InChI=1S/C9H16ClN3O/c1-13-4-3-8(12-13)6-11-9(5-10)7-14-2/h3-4,9,11H,5-7H2,1-2H3. The number of nitrogens with zero attached hydrogens (tertiary/aromatic N) is 2. The van der Waals surface area contributed by atoms with Crippen molar-refractivity contribution >= 4 is 11.6 Å². The van der Waals surface area contributed by atoms with Crippen LogP contribution in [-0.2, 0) is 18.3 Å². The van der Waals surface area contributed by atoms with E-state index in [9.17, 15) is 0 Å². The third-order valence-electron chi connectivity index (χ3n) is 1.89. The highest BCUT2D eigenvalue weighted by molar-refractivity contribution is 6.18. The highest BCUT2D eigenvalue weighted by atomic mass is 35.5. The van der Waals surface area contributed by atoms with Gasteiger partial charge in [0.25, 0.3) is 0 Å². The molecule has 0 saturated heterocycles. The zero-order chi connectivity index (χ0) is 10.4. The Labute approximate surface area is 89.2 Å². The van der Waals surface area contributed by atoms with E-state index in [2.05, 4.69) is 10.4 Å². The average Bonchev–Trinajstić information content (AvgIpc) is 2.59. The number of ether oxygens (including phenoxy) is 1. The molecule has 4 nitrogen and oxygen atoms in total. The number of alkyl halides is 1. The molecule has 0 aliphatic heterocycles. The van der Waals surface area contributed by atoms with E-state index in [1.807, 2.05) is 19.3 Å². The topological polar surface area (TPSA) is 39.1 Å². The summed E-state index contributed by atoms with van der Waals surface area (Å²) in [7, 11) is 3.57. The Balaban J connectivity index is 2.31. The summed E-state index contributed by atoms with van der Waals surface area (Å²) in [6.45, 7) is 1.35. The van der Waals surface area contributed by atoms with E-state index in [1.165, 1.54) is 0 Å². The van der Waals surface area contributed by atoms with Gasteiger partial charge in [0.2, 0.25) is 0 Å². The number of hydrogen-bond acceptors (Lipinski definition) is 3. The van der Waals surface area contributed by atoms with Crippen molar-refractivity contribution in [1.29, 1.82) is 0 Å². The fourth-order valence-electron chi connectivity index (χ4n) is 1.17. The van der Waals surface area contributed by atoms with E-state index in [0.29, 0.717) is 12.5 Å². The molecule has 0 fully saturated rings. The number of halogens is 1. The van der Waals surface area contributed by atoms with E-state index >= 15 is 0 Å². The molecule has 1 unspecified atom stereocenters. The summed E-state index contributed by atoms with van der Waals surface area (Å²) in [4.78, 5) is 0. The molecular weight excluding hydrogens is 202 g/mol. The Morgan fingerprint density at radius 1 is 1.71 bits per heavy atom. The molecule has 1 atom stereocenters. The molecule has 1 aromatic heterocycles. The fourth-order valence-corrected chi connectivity index (χ4v) is 1.36. The predicted octanol–water partition coefficient (Wildman–Crippen LogP) is 0.764. The summed E-state index contributed by atoms with van der Waals surface area (Å²) >= 11 is 5.75. The van der Waals surface area contributed by atoms with Crippen LogP contribution in [0.5, 0.6) is 0 Å². The molecule has 1 heterocycles. The van der Waals surface area contributed by atoms with Crippen LogP contribution in [-0.4, -0.2) is 35.4 Å². The van der Waals surface area contributed by atoms with Gasteiger partial charge in [0.05, 0.1) is 12.3 Å². The van der Waals surface area contributed by atoms with Gasteiger partial charge in [-0.05, 0) is 6.07 Å². The third-order valence-corrected chi connectivity index (χ3v) is 2.27. The largest absolute Gasteiger partial charge is 0.383 e. The van der Waals surface area contributed by atoms with Crippen LogP contribution in [0.4, 0.5) is 0 Å². The summed E-state index contributed by atoms with van der Waals surface area (Å²) in [5.74, 6) is 0.542. The minimum Gasteiger partial charge on any atom is -0.383 e. The van der Waals surface area contributed by atoms with E-state index in [-0.39, 0.29) is 6.04 Å². The van der Waals surface area contributed by atoms with Gasteiger partial charge in [0.1, 0.15) is 0 Å². The van der Waals surface area contributed by atoms with Crippen LogP contribution < -0.4 is 5.32 Å². The Morgan fingerprint density at radius 2 is 2.50 bits per heavy atom. The summed E-state index contributed by atoms with van der Waals surface area (Å²) in [6.07, 6.45) is 1.92. The number of nitrogens with one attached hydrogen (secondary N) is 1. The predicted molar refractivity (Wildman–Crippen MR) is 56.4 cm³/mol. The van der Waals surface area contributed by atoms with Gasteiger partial charge in [-0.1, -0.05) is 0 Å². The maximum atomic E-state index is 5.75. The lowest BCUT2D eigenvalue weighted by atomic mass is 10.3. The van der Waals surface area contributed by atoms with Crippen LogP contribution in [0.1, 0.15) is 5.69 Å². The second kappa shape index (κ2) is 6.01. The molecule has 1 N–H and O–H groups in total. The van der Waals surface area contributed by atoms with Crippen molar-refractivity contribution in [3.8, 4) is 0 Å². The Kier molecular flexibility index (Phi) is 4.93. The zero-order valence-corrected chi connectivity index (χ0v) is 9.29. The van der Waals surface area contributed by atoms with Crippen molar-refractivity contribution in [1.82, 2.24) is 15.1 Å². The minimum atomic E-state index is 0.184. The quantitative estimate of drug-likeness (QED) is 0.716. The maximum absolute atomic E-state index is 5.75. The molecule has 1 aromatic rings. The third kappa shape index (κ3) is 3.65. The molecule has 1 rings (SSSR count). The lowest BCUT2D eigenvalue weighted by molar-refractivity contribution is 0.172. The highest BCUT2D eigenvalue weighted by Crippen LogP contribution is 1.96. The summed E-state index contributed by atoms with van der Waals surface area (Å²) in [6, 6.07) is 2.16. The first kappa shape index (κ1) is 11.5. The minimum absolute atomic E-state index is 0.184. The van der Waals surface area contributed by atoms with Gasteiger partial charge in [-0.2, -0.15) is 5.10 Å². The molecule has 0 aliphatic rings. The Hall–Kier alpha value is -0.580. The lowest BCUT2D eigenvalue weighted by Gasteiger charge is -2.13. The molecule has 80 valence electrons. The Morgan fingerprint density at radius 3 is 3.00 bits per heavy atom. The zero-order valence-electron chi connectivity index (χ0n) is 8.53. The van der Waals surface area contributed by atoms with E-state index < -0.39 is 0 Å². The van der Waals surface area contributed by atoms with Gasteiger partial charge in [-0.15, -0.1) is 11.6 Å². The van der Waals surface area contributed by atoms with Crippen molar-refractivity contribution in [3.63, 3.8) is 0 Å². The van der Waals surface area contributed by atoms with Crippen LogP contribution in [0.25, 0.3) is 0 Å². The molecule has 0 bridgehead atoms. The maximum Gasteiger partial charge on any atom is 0.0762 e. The normalized spacial score (nSPS) is 13.1. The lowest BCUT2D eigenvalue weighted by Crippen LogP contribution is -2.34. The van der Waals surface area contributed by atoms with Crippen molar-refractivity contribution in [2.24, 2.45) is 7.05 Å². The molecule has 5 heteroatoms. The fraction of sp³-hybridized carbons (Fsp3) is 0.667. The molecule has 0 aromatic carbocycles. The average molecular weight is 218 g/mol. The first-order valence-corrected chi connectivity index (χ1v) is 5.06. The van der Waals surface area contributed by atoms with Gasteiger partial charge in [-0.25, -0.2) is 0 Å².